The fraction of sp³-hybridized carbons (Fsp3) is 0.125. The van der Waals surface area contributed by atoms with Crippen molar-refractivity contribution in [2.24, 2.45) is 0 Å². The molecule has 0 saturated heterocycles. The summed E-state index contributed by atoms with van der Waals surface area (Å²) in [5.74, 6) is -0.101. The second kappa shape index (κ2) is 4.34. The molecule has 2 aromatic heterocycles. The summed E-state index contributed by atoms with van der Waals surface area (Å²) in [5.41, 5.74) is 3.12. The quantitative estimate of drug-likeness (QED) is 0.721. The van der Waals surface area contributed by atoms with Crippen LogP contribution in [0.15, 0.2) is 24.5 Å². The largest absolute Gasteiger partial charge is 0.308 e. The van der Waals surface area contributed by atoms with Crippen molar-refractivity contribution in [3.63, 3.8) is 0 Å². The smallest absolute Gasteiger partial charge is 0.269 e. The summed E-state index contributed by atoms with van der Waals surface area (Å²) < 4.78 is 0. The molecule has 8 nitrogen and oxygen atoms in total. The standard InChI is InChI=1S/C8H9N7O/c1-9-15-8(12-13-14-15)11-7(16)6-3-2-4-10-5-6/h2-5,9H,1H3,(H,11,12,14,16). The summed E-state index contributed by atoms with van der Waals surface area (Å²) in [6.45, 7) is 0. The third-order valence-corrected chi connectivity index (χ3v) is 1.83. The van der Waals surface area contributed by atoms with Crippen molar-refractivity contribution in [1.29, 1.82) is 0 Å². The molecule has 16 heavy (non-hydrogen) atoms. The van der Waals surface area contributed by atoms with Gasteiger partial charge in [0, 0.05) is 19.4 Å². The summed E-state index contributed by atoms with van der Waals surface area (Å²) in [6, 6.07) is 3.33. The normalized spacial score (nSPS) is 9.81. The van der Waals surface area contributed by atoms with Crippen LogP contribution in [-0.4, -0.2) is 38.3 Å². The molecule has 2 rings (SSSR count). The Kier molecular flexibility index (Phi) is 2.72. The van der Waals surface area contributed by atoms with Gasteiger partial charge in [0.1, 0.15) is 0 Å². The lowest BCUT2D eigenvalue weighted by atomic mass is 10.3. The van der Waals surface area contributed by atoms with Crippen LogP contribution in [0.3, 0.4) is 0 Å². The minimum Gasteiger partial charge on any atom is -0.308 e. The SMILES string of the molecule is CNn1nnnc1NC(=O)c1cccnc1. The van der Waals surface area contributed by atoms with E-state index < -0.39 is 0 Å². The average molecular weight is 219 g/mol. The zero-order chi connectivity index (χ0) is 11.4. The highest BCUT2D eigenvalue weighted by molar-refractivity contribution is 6.03. The highest BCUT2D eigenvalue weighted by Gasteiger charge is 2.10. The van der Waals surface area contributed by atoms with Gasteiger partial charge in [-0.2, -0.15) is 0 Å². The zero-order valence-corrected chi connectivity index (χ0v) is 8.45. The van der Waals surface area contributed by atoms with E-state index in [9.17, 15) is 4.79 Å². The lowest BCUT2D eigenvalue weighted by Crippen LogP contribution is -2.20. The zero-order valence-electron chi connectivity index (χ0n) is 8.45. The molecule has 82 valence electrons. The molecule has 8 heteroatoms. The van der Waals surface area contributed by atoms with Crippen LogP contribution < -0.4 is 10.7 Å². The fourth-order valence-corrected chi connectivity index (χ4v) is 1.09. The van der Waals surface area contributed by atoms with Crippen molar-refractivity contribution in [3.05, 3.63) is 30.1 Å². The van der Waals surface area contributed by atoms with Gasteiger partial charge in [-0.25, -0.2) is 0 Å². The number of carbonyl (C=O) groups is 1. The van der Waals surface area contributed by atoms with Crippen LogP contribution in [0.2, 0.25) is 0 Å². The van der Waals surface area contributed by atoms with Gasteiger partial charge in [-0.3, -0.25) is 15.1 Å². The molecular weight excluding hydrogens is 210 g/mol. The summed E-state index contributed by atoms with van der Waals surface area (Å²) in [6.07, 6.45) is 3.05. The van der Waals surface area contributed by atoms with Crippen LogP contribution >= 0.6 is 0 Å². The maximum absolute atomic E-state index is 11.7. The molecular formula is C8H9N7O. The maximum Gasteiger partial charge on any atom is 0.269 e. The first-order valence-electron chi connectivity index (χ1n) is 4.49. The van der Waals surface area contributed by atoms with Gasteiger partial charge in [-0.15, -0.1) is 4.79 Å². The number of pyridine rings is 1. The van der Waals surface area contributed by atoms with Gasteiger partial charge >= 0.3 is 0 Å². The van der Waals surface area contributed by atoms with E-state index in [1.54, 1.807) is 25.4 Å². The van der Waals surface area contributed by atoms with E-state index >= 15 is 0 Å². The topological polar surface area (TPSA) is 97.6 Å². The van der Waals surface area contributed by atoms with Crippen molar-refractivity contribution >= 4 is 11.9 Å². The summed E-state index contributed by atoms with van der Waals surface area (Å²) in [5, 5.41) is 13.2. The number of hydrogen-bond donors (Lipinski definition) is 2. The number of anilines is 1. The Balaban J connectivity index is 2.14. The lowest BCUT2D eigenvalue weighted by molar-refractivity contribution is 0.102. The Labute approximate surface area is 90.7 Å². The van der Waals surface area contributed by atoms with E-state index in [-0.39, 0.29) is 11.9 Å². The van der Waals surface area contributed by atoms with Crippen LogP contribution in [0.1, 0.15) is 10.4 Å². The predicted molar refractivity (Wildman–Crippen MR) is 55.3 cm³/mol. The number of amides is 1. The third kappa shape index (κ3) is 1.95. The van der Waals surface area contributed by atoms with Crippen LogP contribution in [0, 0.1) is 0 Å². The first kappa shape index (κ1) is 10.0. The van der Waals surface area contributed by atoms with Gasteiger partial charge in [-0.1, -0.05) is 5.10 Å². The number of rotatable bonds is 3. The number of hydrogen-bond acceptors (Lipinski definition) is 6. The van der Waals surface area contributed by atoms with Crippen molar-refractivity contribution < 1.29 is 4.79 Å². The molecule has 1 amide bonds. The van der Waals surface area contributed by atoms with Crippen LogP contribution in [0.4, 0.5) is 5.95 Å². The van der Waals surface area contributed by atoms with Crippen molar-refractivity contribution in [2.75, 3.05) is 17.8 Å². The molecule has 0 fully saturated rings. The van der Waals surface area contributed by atoms with Gasteiger partial charge < -0.3 is 5.43 Å². The van der Waals surface area contributed by atoms with Crippen molar-refractivity contribution in [2.45, 2.75) is 0 Å². The monoisotopic (exact) mass is 219 g/mol. The van der Waals surface area contributed by atoms with Crippen LogP contribution in [-0.2, 0) is 0 Å². The molecule has 0 aliphatic heterocycles. The Morgan fingerprint density at radius 1 is 1.50 bits per heavy atom. The second-order valence-electron chi connectivity index (χ2n) is 2.83. The number of carbonyl (C=O) groups excluding carboxylic acids is 1. The number of aromatic nitrogens is 5. The summed E-state index contributed by atoms with van der Waals surface area (Å²) >= 11 is 0. The van der Waals surface area contributed by atoms with Crippen LogP contribution in [0.25, 0.3) is 0 Å². The van der Waals surface area contributed by atoms with E-state index in [0.717, 1.165) is 0 Å². The number of nitrogens with zero attached hydrogens (tertiary/aromatic N) is 5. The molecule has 2 heterocycles. The molecule has 0 saturated carbocycles. The first-order valence-corrected chi connectivity index (χ1v) is 4.49. The van der Waals surface area contributed by atoms with Crippen molar-refractivity contribution in [1.82, 2.24) is 25.3 Å². The molecule has 0 atom stereocenters. The van der Waals surface area contributed by atoms with E-state index in [4.69, 9.17) is 0 Å². The molecule has 0 aromatic carbocycles. The maximum atomic E-state index is 11.7. The average Bonchev–Trinajstić information content (AvgIpc) is 2.77. The van der Waals surface area contributed by atoms with Gasteiger partial charge in [-0.05, 0) is 22.6 Å². The van der Waals surface area contributed by atoms with Gasteiger partial charge in [0.05, 0.1) is 5.56 Å². The Bertz CT molecular complexity index is 480. The Morgan fingerprint density at radius 2 is 2.38 bits per heavy atom. The third-order valence-electron chi connectivity index (χ3n) is 1.83. The second-order valence-corrected chi connectivity index (χ2v) is 2.83. The Hall–Kier alpha value is -2.51. The van der Waals surface area contributed by atoms with Gasteiger partial charge in [0.15, 0.2) is 0 Å². The van der Waals surface area contributed by atoms with E-state index in [1.807, 2.05) is 0 Å². The summed E-state index contributed by atoms with van der Waals surface area (Å²) in [7, 11) is 1.64. The Morgan fingerprint density at radius 3 is 3.06 bits per heavy atom. The molecule has 0 radical (unpaired) electrons. The first-order chi connectivity index (χ1) is 7.81. The summed E-state index contributed by atoms with van der Waals surface area (Å²) in [4.78, 5) is 16.8. The number of nitrogens with one attached hydrogen (secondary N) is 2. The molecule has 0 unspecified atom stereocenters. The molecule has 2 N–H and O–H groups in total. The number of tetrazole rings is 1. The van der Waals surface area contributed by atoms with Crippen LogP contribution in [0.5, 0.6) is 0 Å². The molecule has 2 aromatic rings. The molecule has 0 spiro atoms. The lowest BCUT2D eigenvalue weighted by Gasteiger charge is -2.04. The molecule has 0 aliphatic carbocycles. The van der Waals surface area contributed by atoms with E-state index in [1.165, 1.54) is 11.0 Å². The molecule has 0 aliphatic rings. The van der Waals surface area contributed by atoms with E-state index in [0.29, 0.717) is 5.56 Å². The molecule has 0 bridgehead atoms. The highest BCUT2D eigenvalue weighted by atomic mass is 16.2. The highest BCUT2D eigenvalue weighted by Crippen LogP contribution is 2.01. The minimum absolute atomic E-state index is 0.219. The predicted octanol–water partition coefficient (Wildman–Crippen LogP) is -0.506. The van der Waals surface area contributed by atoms with Crippen molar-refractivity contribution in [3.8, 4) is 0 Å². The van der Waals surface area contributed by atoms with Gasteiger partial charge in [0.2, 0.25) is 0 Å². The van der Waals surface area contributed by atoms with E-state index in [2.05, 4.69) is 31.3 Å². The van der Waals surface area contributed by atoms with Gasteiger partial charge in [0.25, 0.3) is 11.9 Å². The fourth-order valence-electron chi connectivity index (χ4n) is 1.09. The minimum atomic E-state index is -0.320.